The Balaban J connectivity index is 1.69. The minimum absolute atomic E-state index is 0.149. The number of hydrogen-bond acceptors (Lipinski definition) is 3. The molecular weight excluding hydrogens is 320 g/mol. The van der Waals surface area contributed by atoms with Crippen molar-refractivity contribution in [1.29, 1.82) is 0 Å². The molecule has 1 unspecified atom stereocenters. The summed E-state index contributed by atoms with van der Waals surface area (Å²) in [5.41, 5.74) is 4.65. The second kappa shape index (κ2) is 7.54. The summed E-state index contributed by atoms with van der Waals surface area (Å²) in [5, 5.41) is 0. The molecule has 26 heavy (non-hydrogen) atoms. The van der Waals surface area contributed by atoms with E-state index in [2.05, 4.69) is 76.6 Å². The molecule has 0 N–H and O–H groups in total. The van der Waals surface area contributed by atoms with Crippen molar-refractivity contribution in [2.75, 3.05) is 0 Å². The zero-order valence-corrected chi connectivity index (χ0v) is 14.9. The van der Waals surface area contributed by atoms with Gasteiger partial charge in [0.1, 0.15) is 0 Å². The molecule has 3 nitrogen and oxygen atoms in total. The first-order valence-electron chi connectivity index (χ1n) is 8.92. The van der Waals surface area contributed by atoms with Gasteiger partial charge in [0.15, 0.2) is 12.1 Å². The third-order valence-electron chi connectivity index (χ3n) is 4.55. The van der Waals surface area contributed by atoms with Crippen LogP contribution in [0.5, 0.6) is 0 Å². The molecule has 0 aliphatic carbocycles. The quantitative estimate of drug-likeness (QED) is 0.614. The molecule has 0 saturated carbocycles. The normalized spacial score (nSPS) is 15.9. The number of para-hydroxylation sites is 1. The molecule has 0 bridgehead atoms. The lowest BCUT2D eigenvalue weighted by Gasteiger charge is -2.34. The maximum absolute atomic E-state index is 6.20. The van der Waals surface area contributed by atoms with Gasteiger partial charge in [-0.05, 0) is 17.2 Å². The average Bonchev–Trinajstić information content (AvgIpc) is 2.68. The van der Waals surface area contributed by atoms with Gasteiger partial charge in [0.2, 0.25) is 0 Å². The first-order valence-corrected chi connectivity index (χ1v) is 8.92. The fourth-order valence-corrected chi connectivity index (χ4v) is 3.35. The second-order valence-corrected chi connectivity index (χ2v) is 6.54. The van der Waals surface area contributed by atoms with Crippen molar-refractivity contribution in [3.63, 3.8) is 0 Å². The van der Waals surface area contributed by atoms with Gasteiger partial charge in [0.25, 0.3) is 0 Å². The van der Waals surface area contributed by atoms with E-state index < -0.39 is 0 Å². The van der Waals surface area contributed by atoms with Crippen LogP contribution in [0.2, 0.25) is 0 Å². The summed E-state index contributed by atoms with van der Waals surface area (Å²) in [6.45, 7) is 3.54. The lowest BCUT2D eigenvalue weighted by Crippen LogP contribution is -2.32. The van der Waals surface area contributed by atoms with Crippen molar-refractivity contribution >= 4 is 11.6 Å². The second-order valence-electron chi connectivity index (χ2n) is 6.54. The van der Waals surface area contributed by atoms with E-state index in [4.69, 9.17) is 4.74 Å². The first kappa shape index (κ1) is 16.6. The van der Waals surface area contributed by atoms with E-state index >= 15 is 0 Å². The molecule has 1 aliphatic heterocycles. The summed E-state index contributed by atoms with van der Waals surface area (Å²) in [4.78, 5) is 6.92. The Bertz CT molecular complexity index is 849. The van der Waals surface area contributed by atoms with Crippen LogP contribution in [0, 0.1) is 0 Å². The highest BCUT2D eigenvalue weighted by molar-refractivity contribution is 5.79. The predicted molar refractivity (Wildman–Crippen MR) is 105 cm³/mol. The van der Waals surface area contributed by atoms with Crippen molar-refractivity contribution < 1.29 is 4.74 Å². The molecule has 3 heteroatoms. The summed E-state index contributed by atoms with van der Waals surface area (Å²) in [5.74, 6) is 0.708. The molecular formula is C23H22N2O. The number of aliphatic imine (C=N–C) groups is 1. The lowest BCUT2D eigenvalue weighted by molar-refractivity contribution is -0.00203. The molecule has 130 valence electrons. The van der Waals surface area contributed by atoms with E-state index in [9.17, 15) is 0 Å². The Labute approximate surface area is 154 Å². The highest BCUT2D eigenvalue weighted by atomic mass is 16.5. The van der Waals surface area contributed by atoms with E-state index in [0.717, 1.165) is 24.3 Å². The van der Waals surface area contributed by atoms with Gasteiger partial charge in [-0.15, -0.1) is 0 Å². The number of nitrogens with zero attached hydrogens (tertiary/aromatic N) is 2. The minimum atomic E-state index is -0.149. The van der Waals surface area contributed by atoms with Crippen molar-refractivity contribution in [3.8, 4) is 0 Å². The summed E-state index contributed by atoms with van der Waals surface area (Å²) < 4.78 is 6.20. The number of benzene rings is 3. The topological polar surface area (TPSA) is 24.8 Å². The number of ether oxygens (including phenoxy) is 1. The Hall–Kier alpha value is -2.91. The van der Waals surface area contributed by atoms with E-state index in [1.54, 1.807) is 0 Å². The minimum Gasteiger partial charge on any atom is -0.458 e. The van der Waals surface area contributed by atoms with E-state index in [1.165, 1.54) is 11.1 Å². The molecule has 1 atom stereocenters. The first-order chi connectivity index (χ1) is 12.8. The summed E-state index contributed by atoms with van der Waals surface area (Å²) in [7, 11) is 0. The Morgan fingerprint density at radius 1 is 0.769 bits per heavy atom. The zero-order valence-electron chi connectivity index (χ0n) is 14.9. The smallest absolute Gasteiger partial charge is 0.187 e. The Kier molecular flexibility index (Phi) is 4.80. The van der Waals surface area contributed by atoms with Gasteiger partial charge in [-0.3, -0.25) is 4.90 Å². The van der Waals surface area contributed by atoms with Crippen LogP contribution in [0.3, 0.4) is 0 Å². The van der Waals surface area contributed by atoms with E-state index in [1.807, 2.05) is 25.1 Å². The highest BCUT2D eigenvalue weighted by Gasteiger charge is 2.28. The van der Waals surface area contributed by atoms with Gasteiger partial charge in [-0.2, -0.15) is 0 Å². The average molecular weight is 342 g/mol. The van der Waals surface area contributed by atoms with Crippen LogP contribution in [0.15, 0.2) is 89.9 Å². The third-order valence-corrected chi connectivity index (χ3v) is 4.55. The monoisotopic (exact) mass is 342 g/mol. The van der Waals surface area contributed by atoms with Crippen molar-refractivity contribution in [2.45, 2.75) is 26.2 Å². The lowest BCUT2D eigenvalue weighted by atomic mass is 10.1. The largest absolute Gasteiger partial charge is 0.458 e. The van der Waals surface area contributed by atoms with E-state index in [-0.39, 0.29) is 6.23 Å². The molecule has 0 amide bonds. The van der Waals surface area contributed by atoms with Crippen molar-refractivity contribution in [1.82, 2.24) is 4.90 Å². The van der Waals surface area contributed by atoms with Crippen LogP contribution in [0.25, 0.3) is 0 Å². The molecule has 4 rings (SSSR count). The number of hydrogen-bond donors (Lipinski definition) is 0. The van der Waals surface area contributed by atoms with Crippen molar-refractivity contribution in [3.05, 3.63) is 102 Å². The number of rotatable bonds is 5. The number of fused-ring (bicyclic) bond motifs is 1. The molecule has 0 saturated heterocycles. The van der Waals surface area contributed by atoms with Crippen LogP contribution >= 0.6 is 0 Å². The molecule has 1 heterocycles. The van der Waals surface area contributed by atoms with Gasteiger partial charge in [0.05, 0.1) is 5.69 Å². The molecule has 3 aromatic carbocycles. The van der Waals surface area contributed by atoms with Gasteiger partial charge in [-0.1, -0.05) is 78.9 Å². The van der Waals surface area contributed by atoms with Crippen LogP contribution < -0.4 is 0 Å². The Morgan fingerprint density at radius 3 is 1.92 bits per heavy atom. The highest BCUT2D eigenvalue weighted by Crippen LogP contribution is 2.36. The van der Waals surface area contributed by atoms with Gasteiger partial charge in [0, 0.05) is 25.6 Å². The summed E-state index contributed by atoms with van der Waals surface area (Å²) in [6, 6.07) is 29.3. The molecule has 3 aromatic rings. The van der Waals surface area contributed by atoms with Crippen LogP contribution in [-0.2, 0) is 17.8 Å². The fraction of sp³-hybridized carbons (Fsp3) is 0.174. The van der Waals surface area contributed by atoms with Gasteiger partial charge >= 0.3 is 0 Å². The maximum Gasteiger partial charge on any atom is 0.187 e. The zero-order chi connectivity index (χ0) is 17.8. The molecule has 1 aliphatic rings. The van der Waals surface area contributed by atoms with Gasteiger partial charge < -0.3 is 4.74 Å². The summed E-state index contributed by atoms with van der Waals surface area (Å²) in [6.07, 6.45) is -0.149. The standard InChI is InChI=1S/C23H22N2O/c1-18-24-22-15-9-8-14-21(22)23(26-18)25(16-19-10-4-2-5-11-19)17-20-12-6-3-7-13-20/h2-15,23H,16-17H2,1H3. The predicted octanol–water partition coefficient (Wildman–Crippen LogP) is 5.47. The SMILES string of the molecule is CC1=Nc2ccccc2C(N(Cc2ccccc2)Cc2ccccc2)O1. The van der Waals surface area contributed by atoms with Crippen molar-refractivity contribution in [2.24, 2.45) is 4.99 Å². The molecule has 0 fully saturated rings. The Morgan fingerprint density at radius 2 is 1.31 bits per heavy atom. The van der Waals surface area contributed by atoms with Gasteiger partial charge in [-0.25, -0.2) is 4.99 Å². The van der Waals surface area contributed by atoms with Crippen LogP contribution in [0.4, 0.5) is 5.69 Å². The fourth-order valence-electron chi connectivity index (χ4n) is 3.35. The van der Waals surface area contributed by atoms with E-state index in [0.29, 0.717) is 5.90 Å². The molecule has 0 radical (unpaired) electrons. The molecule has 0 spiro atoms. The summed E-state index contributed by atoms with van der Waals surface area (Å²) >= 11 is 0. The molecule has 0 aromatic heterocycles. The van der Waals surface area contributed by atoms with Crippen LogP contribution in [0.1, 0.15) is 29.8 Å². The maximum atomic E-state index is 6.20. The van der Waals surface area contributed by atoms with Crippen LogP contribution in [-0.4, -0.2) is 10.8 Å². The third kappa shape index (κ3) is 3.68.